The Hall–Kier alpha value is -2.21. The van der Waals surface area contributed by atoms with Crippen LogP contribution in [0.15, 0.2) is 18.5 Å². The Morgan fingerprint density at radius 1 is 1.50 bits per heavy atom. The van der Waals surface area contributed by atoms with Gasteiger partial charge in [0, 0.05) is 11.9 Å². The monoisotopic (exact) mass is 265 g/mol. The zero-order valence-corrected chi connectivity index (χ0v) is 10.0. The summed E-state index contributed by atoms with van der Waals surface area (Å²) in [7, 11) is 0. The van der Waals surface area contributed by atoms with Crippen LogP contribution in [0.2, 0.25) is 5.02 Å². The maximum absolute atomic E-state index is 11.2. The van der Waals surface area contributed by atoms with Crippen molar-refractivity contribution in [1.29, 1.82) is 0 Å². The molecule has 92 valence electrons. The van der Waals surface area contributed by atoms with Crippen molar-refractivity contribution in [2.45, 2.75) is 6.92 Å². The number of rotatable bonds is 3. The molecule has 7 heteroatoms. The highest BCUT2D eigenvalue weighted by atomic mass is 35.5. The van der Waals surface area contributed by atoms with Gasteiger partial charge in [0.2, 0.25) is 0 Å². The van der Waals surface area contributed by atoms with Gasteiger partial charge in [0.15, 0.2) is 6.29 Å². The minimum atomic E-state index is -1.18. The first-order valence-corrected chi connectivity index (χ1v) is 5.31. The number of halogens is 1. The standard InChI is InChI=1S/C11H8ClN3O3/c1-6-2-7(5-16)14-15(6)9-4-13-3-8(12)10(9)11(17)18/h2-5H,1H3,(H,17,18). The molecular formula is C11H8ClN3O3. The molecule has 0 bridgehead atoms. The molecule has 0 amide bonds. The zero-order valence-electron chi connectivity index (χ0n) is 9.29. The minimum absolute atomic E-state index is 0.0163. The Bertz CT molecular complexity index is 636. The van der Waals surface area contributed by atoms with E-state index in [9.17, 15) is 9.59 Å². The van der Waals surface area contributed by atoms with E-state index in [4.69, 9.17) is 16.7 Å². The number of nitrogens with zero attached hydrogens (tertiary/aromatic N) is 3. The van der Waals surface area contributed by atoms with Crippen LogP contribution >= 0.6 is 11.6 Å². The third-order valence-corrected chi connectivity index (χ3v) is 2.64. The maximum atomic E-state index is 11.2. The normalized spacial score (nSPS) is 10.3. The maximum Gasteiger partial charge on any atom is 0.339 e. The highest BCUT2D eigenvalue weighted by molar-refractivity contribution is 6.33. The van der Waals surface area contributed by atoms with Gasteiger partial charge in [-0.3, -0.25) is 9.78 Å². The lowest BCUT2D eigenvalue weighted by Gasteiger charge is -2.08. The van der Waals surface area contributed by atoms with E-state index in [-0.39, 0.29) is 22.0 Å². The fraction of sp³-hybridized carbons (Fsp3) is 0.0909. The van der Waals surface area contributed by atoms with Crippen LogP contribution in [0.3, 0.4) is 0 Å². The van der Waals surface area contributed by atoms with E-state index in [2.05, 4.69) is 10.1 Å². The van der Waals surface area contributed by atoms with Crippen LogP contribution in [0.1, 0.15) is 26.5 Å². The second-order valence-corrected chi connectivity index (χ2v) is 3.97. The number of carbonyl (C=O) groups excluding carboxylic acids is 1. The van der Waals surface area contributed by atoms with Crippen LogP contribution in [0.4, 0.5) is 0 Å². The van der Waals surface area contributed by atoms with Gasteiger partial charge >= 0.3 is 5.97 Å². The minimum Gasteiger partial charge on any atom is -0.478 e. The number of pyridine rings is 1. The molecule has 0 unspecified atom stereocenters. The Morgan fingerprint density at radius 2 is 2.22 bits per heavy atom. The van der Waals surface area contributed by atoms with E-state index < -0.39 is 5.97 Å². The van der Waals surface area contributed by atoms with Gasteiger partial charge in [-0.1, -0.05) is 11.6 Å². The van der Waals surface area contributed by atoms with E-state index >= 15 is 0 Å². The number of aldehydes is 1. The van der Waals surface area contributed by atoms with Crippen LogP contribution in [0.5, 0.6) is 0 Å². The lowest BCUT2D eigenvalue weighted by molar-refractivity contribution is 0.0696. The van der Waals surface area contributed by atoms with E-state index in [1.54, 1.807) is 13.0 Å². The van der Waals surface area contributed by atoms with Crippen LogP contribution in [-0.2, 0) is 0 Å². The summed E-state index contributed by atoms with van der Waals surface area (Å²) in [5.41, 5.74) is 0.948. The van der Waals surface area contributed by atoms with Crippen LogP contribution < -0.4 is 0 Å². The number of carboxylic acid groups (broad SMARTS) is 1. The summed E-state index contributed by atoms with van der Waals surface area (Å²) < 4.78 is 1.33. The van der Waals surface area contributed by atoms with E-state index in [0.717, 1.165) is 0 Å². The van der Waals surface area contributed by atoms with E-state index in [0.29, 0.717) is 12.0 Å². The third-order valence-electron chi connectivity index (χ3n) is 2.35. The zero-order chi connectivity index (χ0) is 13.3. The smallest absolute Gasteiger partial charge is 0.339 e. The van der Waals surface area contributed by atoms with Crippen molar-refractivity contribution in [2.75, 3.05) is 0 Å². The molecule has 2 aromatic heterocycles. The quantitative estimate of drug-likeness (QED) is 0.855. The van der Waals surface area contributed by atoms with Crippen molar-refractivity contribution in [3.8, 4) is 5.69 Å². The molecule has 0 atom stereocenters. The SMILES string of the molecule is Cc1cc(C=O)nn1-c1cncc(Cl)c1C(=O)O. The molecule has 0 aromatic carbocycles. The van der Waals surface area contributed by atoms with E-state index in [1.165, 1.54) is 17.1 Å². The van der Waals surface area contributed by atoms with Crippen molar-refractivity contribution in [3.63, 3.8) is 0 Å². The number of carboxylic acids is 1. The molecule has 0 aliphatic rings. The third kappa shape index (κ3) is 1.98. The average molecular weight is 266 g/mol. The number of aryl methyl sites for hydroxylation is 1. The van der Waals surface area contributed by atoms with Crippen molar-refractivity contribution in [3.05, 3.63) is 40.4 Å². The van der Waals surface area contributed by atoms with E-state index in [1.807, 2.05) is 0 Å². The summed E-state index contributed by atoms with van der Waals surface area (Å²) in [6.45, 7) is 1.70. The van der Waals surface area contributed by atoms with Gasteiger partial charge in [0.1, 0.15) is 11.3 Å². The van der Waals surface area contributed by atoms with Gasteiger partial charge in [-0.25, -0.2) is 9.48 Å². The molecule has 0 aliphatic carbocycles. The highest BCUT2D eigenvalue weighted by Gasteiger charge is 2.18. The fourth-order valence-corrected chi connectivity index (χ4v) is 1.83. The van der Waals surface area contributed by atoms with Crippen LogP contribution in [0.25, 0.3) is 5.69 Å². The molecule has 6 nitrogen and oxygen atoms in total. The predicted molar refractivity (Wildman–Crippen MR) is 63.5 cm³/mol. The molecule has 2 heterocycles. The van der Waals surface area contributed by atoms with Gasteiger partial charge in [-0.15, -0.1) is 0 Å². The Balaban J connectivity index is 2.70. The first-order valence-electron chi connectivity index (χ1n) is 4.93. The first-order chi connectivity index (χ1) is 8.54. The molecule has 0 aliphatic heterocycles. The summed E-state index contributed by atoms with van der Waals surface area (Å²) in [4.78, 5) is 25.7. The first kappa shape index (κ1) is 12.3. The van der Waals surface area contributed by atoms with Gasteiger partial charge < -0.3 is 5.11 Å². The lowest BCUT2D eigenvalue weighted by Crippen LogP contribution is -2.09. The highest BCUT2D eigenvalue weighted by Crippen LogP contribution is 2.22. The topological polar surface area (TPSA) is 85.1 Å². The number of carbonyl (C=O) groups is 2. The molecule has 0 radical (unpaired) electrons. The molecule has 1 N–H and O–H groups in total. The van der Waals surface area contributed by atoms with Gasteiger partial charge in [-0.2, -0.15) is 5.10 Å². The van der Waals surface area contributed by atoms with Gasteiger partial charge in [-0.05, 0) is 13.0 Å². The number of hydrogen-bond acceptors (Lipinski definition) is 4. The molecule has 2 aromatic rings. The number of aromatic nitrogens is 3. The predicted octanol–water partition coefficient (Wildman–Crippen LogP) is 1.74. The number of aromatic carboxylic acids is 1. The Kier molecular flexibility index (Phi) is 3.12. The fourth-order valence-electron chi connectivity index (χ4n) is 1.60. The van der Waals surface area contributed by atoms with Crippen molar-refractivity contribution in [1.82, 2.24) is 14.8 Å². The Labute approximate surface area is 107 Å². The molecule has 0 saturated heterocycles. The average Bonchev–Trinajstić information content (AvgIpc) is 2.69. The van der Waals surface area contributed by atoms with Gasteiger partial charge in [0.25, 0.3) is 0 Å². The van der Waals surface area contributed by atoms with Crippen molar-refractivity contribution in [2.24, 2.45) is 0 Å². The summed E-state index contributed by atoms with van der Waals surface area (Å²) >= 11 is 5.81. The van der Waals surface area contributed by atoms with Crippen molar-refractivity contribution < 1.29 is 14.7 Å². The Morgan fingerprint density at radius 3 is 2.78 bits per heavy atom. The second-order valence-electron chi connectivity index (χ2n) is 3.56. The molecule has 18 heavy (non-hydrogen) atoms. The van der Waals surface area contributed by atoms with Crippen LogP contribution in [-0.4, -0.2) is 32.1 Å². The molecule has 0 fully saturated rings. The largest absolute Gasteiger partial charge is 0.478 e. The van der Waals surface area contributed by atoms with Crippen LogP contribution in [0, 0.1) is 6.92 Å². The summed E-state index contributed by atoms with van der Waals surface area (Å²) in [5.74, 6) is -1.18. The second kappa shape index (κ2) is 4.58. The number of hydrogen-bond donors (Lipinski definition) is 1. The summed E-state index contributed by atoms with van der Waals surface area (Å²) in [6, 6.07) is 1.54. The molecular weight excluding hydrogens is 258 g/mol. The summed E-state index contributed by atoms with van der Waals surface area (Å²) in [5, 5.41) is 13.1. The van der Waals surface area contributed by atoms with Gasteiger partial charge in [0.05, 0.1) is 16.9 Å². The molecule has 2 rings (SSSR count). The molecule has 0 saturated carbocycles. The summed E-state index contributed by atoms with van der Waals surface area (Å²) in [6.07, 6.45) is 3.17. The lowest BCUT2D eigenvalue weighted by atomic mass is 10.2. The van der Waals surface area contributed by atoms with Crippen molar-refractivity contribution >= 4 is 23.9 Å². The molecule has 0 spiro atoms.